The molecule has 3 amide bonds. The zero-order valence-electron chi connectivity index (χ0n) is 17.3. The summed E-state index contributed by atoms with van der Waals surface area (Å²) in [6, 6.07) is -0.0563. The molecule has 0 bridgehead atoms. The number of amides is 3. The first kappa shape index (κ1) is 22.9. The molecule has 160 valence electrons. The molecule has 0 spiro atoms. The van der Waals surface area contributed by atoms with Crippen molar-refractivity contribution in [2.75, 3.05) is 32.7 Å². The fraction of sp³-hybridized carbons (Fsp3) is 0.850. The number of halogens is 1. The van der Waals surface area contributed by atoms with Crippen molar-refractivity contribution >= 4 is 30.1 Å². The Kier molecular flexibility index (Phi) is 7.73. The van der Waals surface area contributed by atoms with Crippen LogP contribution >= 0.6 is 12.4 Å². The summed E-state index contributed by atoms with van der Waals surface area (Å²) in [7, 11) is 0. The molecule has 3 heterocycles. The standard InChI is InChI=1S/C20H34N4O3.ClH/c1-20(2,3)24-13-15(10-17(24)25)19(27)23-9-5-6-14(12-23)11-22-18(26)16-7-4-8-21-16;/h14-16,21H,4-13H2,1-3H3,(H,22,26);1H. The van der Waals surface area contributed by atoms with E-state index in [-0.39, 0.29) is 47.6 Å². The van der Waals surface area contributed by atoms with Gasteiger partial charge in [-0.2, -0.15) is 0 Å². The molecular formula is C20H35ClN4O3. The fourth-order valence-electron chi connectivity index (χ4n) is 4.49. The highest BCUT2D eigenvalue weighted by Gasteiger charge is 2.41. The highest BCUT2D eigenvalue weighted by Crippen LogP contribution is 2.28. The first-order valence-corrected chi connectivity index (χ1v) is 10.4. The predicted octanol–water partition coefficient (Wildman–Crippen LogP) is 1.16. The Morgan fingerprint density at radius 2 is 1.93 bits per heavy atom. The average molecular weight is 415 g/mol. The molecule has 0 aliphatic carbocycles. The first-order chi connectivity index (χ1) is 12.8. The molecule has 3 aliphatic rings. The van der Waals surface area contributed by atoms with Crippen LogP contribution in [0, 0.1) is 11.8 Å². The van der Waals surface area contributed by atoms with Crippen LogP contribution in [0.2, 0.25) is 0 Å². The van der Waals surface area contributed by atoms with Crippen LogP contribution in [0.25, 0.3) is 0 Å². The van der Waals surface area contributed by atoms with E-state index in [0.717, 1.165) is 38.8 Å². The second-order valence-corrected chi connectivity index (χ2v) is 9.26. The van der Waals surface area contributed by atoms with Gasteiger partial charge in [-0.3, -0.25) is 14.4 Å². The van der Waals surface area contributed by atoms with Gasteiger partial charge in [0.2, 0.25) is 17.7 Å². The maximum absolute atomic E-state index is 13.0. The topological polar surface area (TPSA) is 81.8 Å². The molecule has 3 rings (SSSR count). The van der Waals surface area contributed by atoms with E-state index in [9.17, 15) is 14.4 Å². The van der Waals surface area contributed by atoms with Crippen molar-refractivity contribution in [1.29, 1.82) is 0 Å². The number of likely N-dealkylation sites (tertiary alicyclic amines) is 2. The lowest BCUT2D eigenvalue weighted by atomic mass is 9.96. The van der Waals surface area contributed by atoms with Gasteiger partial charge >= 0.3 is 0 Å². The SMILES string of the molecule is CC(C)(C)N1CC(C(=O)N2CCCC(CNC(=O)C3CCCN3)C2)CC1=O.Cl. The van der Waals surface area contributed by atoms with Gasteiger partial charge in [0, 0.05) is 38.1 Å². The maximum atomic E-state index is 13.0. The minimum atomic E-state index is -0.241. The van der Waals surface area contributed by atoms with Gasteiger partial charge in [-0.05, 0) is 58.9 Å². The minimum absolute atomic E-state index is 0. The number of hydrogen-bond acceptors (Lipinski definition) is 4. The molecule has 7 nitrogen and oxygen atoms in total. The lowest BCUT2D eigenvalue weighted by Gasteiger charge is -2.35. The largest absolute Gasteiger partial charge is 0.354 e. The smallest absolute Gasteiger partial charge is 0.237 e. The number of nitrogens with zero attached hydrogens (tertiary/aromatic N) is 2. The van der Waals surface area contributed by atoms with Gasteiger partial charge in [-0.1, -0.05) is 0 Å². The lowest BCUT2D eigenvalue weighted by Crippen LogP contribution is -2.48. The molecule has 0 radical (unpaired) electrons. The third-order valence-electron chi connectivity index (χ3n) is 6.06. The van der Waals surface area contributed by atoms with Crippen molar-refractivity contribution in [3.8, 4) is 0 Å². The molecule has 0 aromatic heterocycles. The zero-order valence-corrected chi connectivity index (χ0v) is 18.1. The van der Waals surface area contributed by atoms with Gasteiger partial charge in [0.25, 0.3) is 0 Å². The van der Waals surface area contributed by atoms with E-state index in [2.05, 4.69) is 10.6 Å². The summed E-state index contributed by atoms with van der Waals surface area (Å²) in [6.07, 6.45) is 4.26. The fourth-order valence-corrected chi connectivity index (χ4v) is 4.49. The zero-order chi connectivity index (χ0) is 19.6. The van der Waals surface area contributed by atoms with Crippen LogP contribution in [-0.2, 0) is 14.4 Å². The number of hydrogen-bond donors (Lipinski definition) is 2. The van der Waals surface area contributed by atoms with E-state index in [1.807, 2.05) is 30.6 Å². The van der Waals surface area contributed by atoms with Crippen LogP contribution in [0.5, 0.6) is 0 Å². The van der Waals surface area contributed by atoms with E-state index in [1.165, 1.54) is 0 Å². The second-order valence-electron chi connectivity index (χ2n) is 9.26. The Balaban J connectivity index is 0.00000280. The average Bonchev–Trinajstić information content (AvgIpc) is 3.28. The van der Waals surface area contributed by atoms with Crippen LogP contribution in [0.15, 0.2) is 0 Å². The quantitative estimate of drug-likeness (QED) is 0.723. The van der Waals surface area contributed by atoms with Crippen molar-refractivity contribution in [2.24, 2.45) is 11.8 Å². The Labute approximate surface area is 174 Å². The lowest BCUT2D eigenvalue weighted by molar-refractivity contribution is -0.137. The number of carbonyl (C=O) groups excluding carboxylic acids is 3. The molecule has 2 N–H and O–H groups in total. The molecule has 0 aromatic rings. The Morgan fingerprint density at radius 3 is 2.54 bits per heavy atom. The highest BCUT2D eigenvalue weighted by molar-refractivity contribution is 5.89. The monoisotopic (exact) mass is 414 g/mol. The Morgan fingerprint density at radius 1 is 1.18 bits per heavy atom. The summed E-state index contributed by atoms with van der Waals surface area (Å²) < 4.78 is 0. The summed E-state index contributed by atoms with van der Waals surface area (Å²) in [6.45, 7) is 9.52. The van der Waals surface area contributed by atoms with Crippen LogP contribution in [-0.4, -0.2) is 71.8 Å². The van der Waals surface area contributed by atoms with Crippen LogP contribution in [0.3, 0.4) is 0 Å². The molecule has 3 atom stereocenters. The molecule has 8 heteroatoms. The van der Waals surface area contributed by atoms with Gasteiger partial charge in [0.15, 0.2) is 0 Å². The van der Waals surface area contributed by atoms with Crippen molar-refractivity contribution in [2.45, 2.75) is 64.5 Å². The van der Waals surface area contributed by atoms with Crippen LogP contribution in [0.4, 0.5) is 0 Å². The van der Waals surface area contributed by atoms with Crippen molar-refractivity contribution in [1.82, 2.24) is 20.4 Å². The molecule has 3 unspecified atom stereocenters. The summed E-state index contributed by atoms with van der Waals surface area (Å²) in [5, 5.41) is 6.27. The number of nitrogens with one attached hydrogen (secondary N) is 2. The van der Waals surface area contributed by atoms with E-state index in [4.69, 9.17) is 0 Å². The molecule has 3 aliphatic heterocycles. The second kappa shape index (κ2) is 9.44. The van der Waals surface area contributed by atoms with Crippen LogP contribution in [0.1, 0.15) is 52.9 Å². The van der Waals surface area contributed by atoms with Gasteiger partial charge in [-0.25, -0.2) is 0 Å². The third-order valence-corrected chi connectivity index (χ3v) is 6.06. The minimum Gasteiger partial charge on any atom is -0.354 e. The number of piperidine rings is 1. The van der Waals surface area contributed by atoms with Gasteiger partial charge < -0.3 is 20.4 Å². The van der Waals surface area contributed by atoms with Crippen molar-refractivity contribution in [3.05, 3.63) is 0 Å². The molecular weight excluding hydrogens is 380 g/mol. The summed E-state index contributed by atoms with van der Waals surface area (Å²) in [5.74, 6) is 0.323. The van der Waals surface area contributed by atoms with Gasteiger partial charge in [0.05, 0.1) is 12.0 Å². The molecule has 0 aromatic carbocycles. The van der Waals surface area contributed by atoms with E-state index >= 15 is 0 Å². The summed E-state index contributed by atoms with van der Waals surface area (Å²) in [5.41, 5.74) is -0.241. The van der Waals surface area contributed by atoms with Crippen molar-refractivity contribution < 1.29 is 14.4 Å². The predicted molar refractivity (Wildman–Crippen MR) is 110 cm³/mol. The summed E-state index contributed by atoms with van der Waals surface area (Å²) in [4.78, 5) is 41.2. The molecule has 28 heavy (non-hydrogen) atoms. The van der Waals surface area contributed by atoms with Crippen LogP contribution < -0.4 is 10.6 Å². The molecule has 0 saturated carbocycles. The van der Waals surface area contributed by atoms with Gasteiger partial charge in [-0.15, -0.1) is 12.4 Å². The normalized spacial score (nSPS) is 28.2. The Bertz CT molecular complexity index is 586. The molecule has 3 saturated heterocycles. The highest BCUT2D eigenvalue weighted by atomic mass is 35.5. The number of rotatable bonds is 4. The Hall–Kier alpha value is -1.34. The van der Waals surface area contributed by atoms with Crippen molar-refractivity contribution in [3.63, 3.8) is 0 Å². The van der Waals surface area contributed by atoms with Gasteiger partial charge in [0.1, 0.15) is 0 Å². The molecule has 3 fully saturated rings. The van der Waals surface area contributed by atoms with E-state index < -0.39 is 0 Å². The van der Waals surface area contributed by atoms with E-state index in [0.29, 0.717) is 32.0 Å². The first-order valence-electron chi connectivity index (χ1n) is 10.4. The number of carbonyl (C=O) groups is 3. The van der Waals surface area contributed by atoms with E-state index in [1.54, 1.807) is 0 Å². The third kappa shape index (κ3) is 5.38. The summed E-state index contributed by atoms with van der Waals surface area (Å²) >= 11 is 0. The maximum Gasteiger partial charge on any atom is 0.237 e.